The Morgan fingerprint density at radius 1 is 1.04 bits per heavy atom. The van der Waals surface area contributed by atoms with Crippen LogP contribution in [0.25, 0.3) is 0 Å². The molecule has 1 saturated heterocycles. The van der Waals surface area contributed by atoms with Crippen molar-refractivity contribution in [2.24, 2.45) is 0 Å². The molecule has 138 valence electrons. The normalized spacial score (nSPS) is 18.3. The van der Waals surface area contributed by atoms with Crippen molar-refractivity contribution in [3.05, 3.63) is 53.7 Å². The SMILES string of the molecule is CC(C)c1cc(B2OC(C)(C)C(C)(C)O2)cnc1NCc1ccccc1. The Morgan fingerprint density at radius 3 is 2.23 bits per heavy atom. The van der Waals surface area contributed by atoms with Crippen molar-refractivity contribution in [1.29, 1.82) is 0 Å². The molecule has 0 unspecified atom stereocenters. The number of benzene rings is 1. The highest BCUT2D eigenvalue weighted by atomic mass is 16.7. The molecule has 0 aliphatic carbocycles. The number of rotatable bonds is 5. The summed E-state index contributed by atoms with van der Waals surface area (Å²) in [5, 5.41) is 3.47. The van der Waals surface area contributed by atoms with Gasteiger partial charge in [-0.25, -0.2) is 4.98 Å². The van der Waals surface area contributed by atoms with Gasteiger partial charge in [-0.1, -0.05) is 50.2 Å². The summed E-state index contributed by atoms with van der Waals surface area (Å²) in [6.07, 6.45) is 1.86. The van der Waals surface area contributed by atoms with E-state index in [9.17, 15) is 0 Å². The molecule has 1 aliphatic heterocycles. The molecule has 2 aromatic rings. The molecule has 1 aromatic carbocycles. The minimum atomic E-state index is -0.381. The number of hydrogen-bond acceptors (Lipinski definition) is 4. The number of anilines is 1. The lowest BCUT2D eigenvalue weighted by Gasteiger charge is -2.32. The van der Waals surface area contributed by atoms with Crippen LogP contribution in [0.2, 0.25) is 0 Å². The lowest BCUT2D eigenvalue weighted by atomic mass is 9.79. The maximum Gasteiger partial charge on any atom is 0.496 e. The highest BCUT2D eigenvalue weighted by Gasteiger charge is 2.51. The van der Waals surface area contributed by atoms with Crippen LogP contribution in [0.4, 0.5) is 5.82 Å². The molecule has 0 spiro atoms. The summed E-state index contributed by atoms with van der Waals surface area (Å²) >= 11 is 0. The fraction of sp³-hybridized carbons (Fsp3) is 0.476. The minimum Gasteiger partial charge on any atom is -0.399 e. The van der Waals surface area contributed by atoms with E-state index in [0.29, 0.717) is 5.92 Å². The molecule has 0 amide bonds. The van der Waals surface area contributed by atoms with Gasteiger partial charge < -0.3 is 14.6 Å². The molecule has 0 bridgehead atoms. The van der Waals surface area contributed by atoms with Crippen molar-refractivity contribution in [1.82, 2.24) is 4.98 Å². The maximum atomic E-state index is 6.17. The molecule has 0 radical (unpaired) electrons. The van der Waals surface area contributed by atoms with E-state index in [2.05, 4.69) is 82.2 Å². The molecule has 1 N–H and O–H groups in total. The third-order valence-corrected chi connectivity index (χ3v) is 5.39. The van der Waals surface area contributed by atoms with Gasteiger partial charge in [-0.05, 0) is 44.7 Å². The van der Waals surface area contributed by atoms with Crippen LogP contribution in [0.15, 0.2) is 42.6 Å². The quantitative estimate of drug-likeness (QED) is 0.823. The number of pyridine rings is 1. The van der Waals surface area contributed by atoms with Gasteiger partial charge in [-0.3, -0.25) is 0 Å². The lowest BCUT2D eigenvalue weighted by Crippen LogP contribution is -2.41. The van der Waals surface area contributed by atoms with Crippen molar-refractivity contribution in [3.63, 3.8) is 0 Å². The monoisotopic (exact) mass is 352 g/mol. The fourth-order valence-electron chi connectivity index (χ4n) is 2.98. The maximum absolute atomic E-state index is 6.17. The molecule has 1 aliphatic rings. The van der Waals surface area contributed by atoms with Gasteiger partial charge >= 0.3 is 7.12 Å². The zero-order chi connectivity index (χ0) is 18.9. The first kappa shape index (κ1) is 18.9. The second-order valence-electron chi connectivity index (χ2n) is 8.29. The van der Waals surface area contributed by atoms with Gasteiger partial charge in [0, 0.05) is 18.2 Å². The summed E-state index contributed by atoms with van der Waals surface area (Å²) in [6.45, 7) is 13.4. The van der Waals surface area contributed by atoms with Gasteiger partial charge in [0.2, 0.25) is 0 Å². The van der Waals surface area contributed by atoms with E-state index in [1.807, 2.05) is 12.3 Å². The van der Waals surface area contributed by atoms with Crippen LogP contribution in [0.3, 0.4) is 0 Å². The van der Waals surface area contributed by atoms with E-state index >= 15 is 0 Å². The van der Waals surface area contributed by atoms with Crippen LogP contribution >= 0.6 is 0 Å². The van der Waals surface area contributed by atoms with E-state index in [0.717, 1.165) is 17.8 Å². The van der Waals surface area contributed by atoms with Gasteiger partial charge in [0.25, 0.3) is 0 Å². The summed E-state index contributed by atoms with van der Waals surface area (Å²) in [6, 6.07) is 12.5. The summed E-state index contributed by atoms with van der Waals surface area (Å²) in [5.41, 5.74) is 2.68. The first-order valence-corrected chi connectivity index (χ1v) is 9.33. The second-order valence-corrected chi connectivity index (χ2v) is 8.29. The third-order valence-electron chi connectivity index (χ3n) is 5.39. The smallest absolute Gasteiger partial charge is 0.399 e. The molecule has 1 fully saturated rings. The van der Waals surface area contributed by atoms with Gasteiger partial charge in [-0.2, -0.15) is 0 Å². The Kier molecular flexibility index (Phi) is 5.13. The molecular formula is C21H29BN2O2. The van der Waals surface area contributed by atoms with Crippen LogP contribution in [-0.2, 0) is 15.9 Å². The molecule has 0 atom stereocenters. The zero-order valence-corrected chi connectivity index (χ0v) is 16.7. The van der Waals surface area contributed by atoms with Gasteiger partial charge in [-0.15, -0.1) is 0 Å². The molecule has 1 aromatic heterocycles. The second kappa shape index (κ2) is 7.05. The van der Waals surface area contributed by atoms with Crippen LogP contribution < -0.4 is 10.8 Å². The van der Waals surface area contributed by atoms with Crippen LogP contribution in [0.1, 0.15) is 58.6 Å². The van der Waals surface area contributed by atoms with Crippen LogP contribution in [0.5, 0.6) is 0 Å². The Balaban J connectivity index is 1.81. The molecule has 26 heavy (non-hydrogen) atoms. The van der Waals surface area contributed by atoms with Crippen LogP contribution in [0, 0.1) is 0 Å². The van der Waals surface area contributed by atoms with Gasteiger partial charge in [0.15, 0.2) is 0 Å². The van der Waals surface area contributed by atoms with Crippen molar-refractivity contribution in [2.45, 2.75) is 65.2 Å². The molecule has 0 saturated carbocycles. The molecular weight excluding hydrogens is 323 g/mol. The summed E-state index contributed by atoms with van der Waals surface area (Å²) in [4.78, 5) is 4.68. The zero-order valence-electron chi connectivity index (χ0n) is 16.7. The van der Waals surface area contributed by atoms with Crippen molar-refractivity contribution in [3.8, 4) is 0 Å². The topological polar surface area (TPSA) is 43.4 Å². The highest BCUT2D eigenvalue weighted by molar-refractivity contribution is 6.62. The Labute approximate surface area is 157 Å². The molecule has 3 rings (SSSR count). The Hall–Kier alpha value is -1.85. The Bertz CT molecular complexity index is 744. The van der Waals surface area contributed by atoms with E-state index in [1.165, 1.54) is 11.1 Å². The fourth-order valence-corrected chi connectivity index (χ4v) is 2.98. The summed E-state index contributed by atoms with van der Waals surface area (Å²) < 4.78 is 12.3. The van der Waals surface area contributed by atoms with Crippen molar-refractivity contribution >= 4 is 18.4 Å². The molecule has 4 nitrogen and oxygen atoms in total. The average molecular weight is 352 g/mol. The first-order chi connectivity index (χ1) is 12.2. The van der Waals surface area contributed by atoms with Gasteiger partial charge in [0.05, 0.1) is 11.2 Å². The van der Waals surface area contributed by atoms with E-state index < -0.39 is 0 Å². The first-order valence-electron chi connectivity index (χ1n) is 9.33. The highest BCUT2D eigenvalue weighted by Crippen LogP contribution is 2.36. The number of nitrogens with one attached hydrogen (secondary N) is 1. The average Bonchev–Trinajstić information content (AvgIpc) is 2.81. The predicted octanol–water partition coefficient (Wildman–Crippen LogP) is 4.12. The minimum absolute atomic E-state index is 0.347. The largest absolute Gasteiger partial charge is 0.496 e. The third kappa shape index (κ3) is 3.79. The van der Waals surface area contributed by atoms with E-state index in [-0.39, 0.29) is 18.3 Å². The van der Waals surface area contributed by atoms with Crippen molar-refractivity contribution < 1.29 is 9.31 Å². The number of nitrogens with zero attached hydrogens (tertiary/aromatic N) is 1. The summed E-state index contributed by atoms with van der Waals surface area (Å²) in [7, 11) is -0.381. The van der Waals surface area contributed by atoms with Crippen LogP contribution in [-0.4, -0.2) is 23.3 Å². The number of hydrogen-bond donors (Lipinski definition) is 1. The standard InChI is InChI=1S/C21H29BN2O2/c1-15(2)18-12-17(22-25-20(3,4)21(5,6)26-22)14-24-19(18)23-13-16-10-8-7-9-11-16/h7-12,14-15H,13H2,1-6H3,(H,23,24). The predicted molar refractivity (Wildman–Crippen MR) is 108 cm³/mol. The van der Waals surface area contributed by atoms with Crippen molar-refractivity contribution in [2.75, 3.05) is 5.32 Å². The van der Waals surface area contributed by atoms with Gasteiger partial charge in [0.1, 0.15) is 5.82 Å². The summed E-state index contributed by atoms with van der Waals surface area (Å²) in [5.74, 6) is 1.27. The Morgan fingerprint density at radius 2 is 1.65 bits per heavy atom. The molecule has 2 heterocycles. The van der Waals surface area contributed by atoms with E-state index in [1.54, 1.807) is 0 Å². The number of aromatic nitrogens is 1. The van der Waals surface area contributed by atoms with E-state index in [4.69, 9.17) is 9.31 Å². The molecule has 5 heteroatoms. The lowest BCUT2D eigenvalue weighted by molar-refractivity contribution is 0.00578.